The number of hydrogen-bond acceptors (Lipinski definition) is 5. The van der Waals surface area contributed by atoms with Crippen LogP contribution < -0.4 is 14.9 Å². The first-order chi connectivity index (χ1) is 16.1. The van der Waals surface area contributed by atoms with Gasteiger partial charge in [0.1, 0.15) is 11.5 Å². The van der Waals surface area contributed by atoms with E-state index >= 15 is 0 Å². The largest absolute Gasteiger partial charge is 0.483 e. The molecule has 0 fully saturated rings. The highest BCUT2D eigenvalue weighted by Crippen LogP contribution is 2.21. The molecule has 0 radical (unpaired) electrons. The molecule has 6 heteroatoms. The summed E-state index contributed by atoms with van der Waals surface area (Å²) in [6, 6.07) is 27.5. The number of hydrogen-bond donors (Lipinski definition) is 1. The molecule has 6 nitrogen and oxygen atoms in total. The second kappa shape index (κ2) is 10.2. The Labute approximate surface area is 191 Å². The number of amides is 1. The Bertz CT molecular complexity index is 1310. The Morgan fingerprint density at radius 2 is 1.61 bits per heavy atom. The zero-order chi connectivity index (χ0) is 23.0. The van der Waals surface area contributed by atoms with Crippen molar-refractivity contribution >= 4 is 28.9 Å². The molecule has 33 heavy (non-hydrogen) atoms. The van der Waals surface area contributed by atoms with Crippen LogP contribution in [-0.2, 0) is 4.79 Å². The molecule has 0 aliphatic heterocycles. The fourth-order valence-electron chi connectivity index (χ4n) is 3.26. The van der Waals surface area contributed by atoms with Crippen molar-refractivity contribution in [2.75, 3.05) is 6.61 Å². The lowest BCUT2D eigenvalue weighted by atomic mass is 10.0. The molecule has 0 spiro atoms. The third-order valence-corrected chi connectivity index (χ3v) is 4.96. The highest BCUT2D eigenvalue weighted by molar-refractivity contribution is 6.05. The van der Waals surface area contributed by atoms with Crippen LogP contribution in [0.4, 0.5) is 0 Å². The van der Waals surface area contributed by atoms with Crippen LogP contribution in [0.25, 0.3) is 10.8 Å². The molecular weight excluding hydrogens is 416 g/mol. The number of carbonyl (C=O) groups is 2. The Hall–Kier alpha value is -4.45. The monoisotopic (exact) mass is 438 g/mol. The maximum atomic E-state index is 12.6. The van der Waals surface area contributed by atoms with Gasteiger partial charge in [-0.15, -0.1) is 0 Å². The van der Waals surface area contributed by atoms with Gasteiger partial charge in [-0.3, -0.25) is 4.79 Å². The second-order valence-electron chi connectivity index (χ2n) is 7.33. The van der Waals surface area contributed by atoms with E-state index < -0.39 is 5.97 Å². The van der Waals surface area contributed by atoms with Crippen molar-refractivity contribution in [3.8, 4) is 11.5 Å². The number of aryl methyl sites for hydroxylation is 1. The minimum Gasteiger partial charge on any atom is -0.483 e. The zero-order valence-electron chi connectivity index (χ0n) is 18.0. The molecule has 0 bridgehead atoms. The van der Waals surface area contributed by atoms with Crippen LogP contribution in [0, 0.1) is 6.92 Å². The molecule has 4 rings (SSSR count). The van der Waals surface area contributed by atoms with Gasteiger partial charge in [0.15, 0.2) is 6.61 Å². The van der Waals surface area contributed by atoms with Crippen LogP contribution >= 0.6 is 0 Å². The molecule has 0 heterocycles. The van der Waals surface area contributed by atoms with Gasteiger partial charge in [-0.05, 0) is 65.2 Å². The Kier molecular flexibility index (Phi) is 6.75. The van der Waals surface area contributed by atoms with Crippen LogP contribution in [0.1, 0.15) is 21.5 Å². The van der Waals surface area contributed by atoms with Gasteiger partial charge in [-0.25, -0.2) is 10.2 Å². The zero-order valence-corrected chi connectivity index (χ0v) is 18.0. The molecule has 4 aromatic carbocycles. The number of esters is 1. The van der Waals surface area contributed by atoms with E-state index in [0.717, 1.165) is 21.9 Å². The number of nitrogens with zero attached hydrogens (tertiary/aromatic N) is 1. The topological polar surface area (TPSA) is 77.0 Å². The summed E-state index contributed by atoms with van der Waals surface area (Å²) in [5, 5.41) is 5.76. The van der Waals surface area contributed by atoms with Crippen LogP contribution in [-0.4, -0.2) is 24.7 Å². The van der Waals surface area contributed by atoms with Gasteiger partial charge in [0.2, 0.25) is 0 Å². The summed E-state index contributed by atoms with van der Waals surface area (Å²) in [5.74, 6) is 0.287. The predicted molar refractivity (Wildman–Crippen MR) is 128 cm³/mol. The molecule has 4 aromatic rings. The third-order valence-electron chi connectivity index (χ3n) is 4.96. The van der Waals surface area contributed by atoms with Gasteiger partial charge in [0.25, 0.3) is 5.91 Å². The number of rotatable bonds is 7. The van der Waals surface area contributed by atoms with Gasteiger partial charge < -0.3 is 9.47 Å². The average molecular weight is 438 g/mol. The van der Waals surface area contributed by atoms with Crippen molar-refractivity contribution in [3.63, 3.8) is 0 Å². The highest BCUT2D eigenvalue weighted by Gasteiger charge is 2.12. The van der Waals surface area contributed by atoms with E-state index in [1.807, 2.05) is 61.5 Å². The summed E-state index contributed by atoms with van der Waals surface area (Å²) < 4.78 is 11.0. The minimum atomic E-state index is -0.422. The highest BCUT2D eigenvalue weighted by atomic mass is 16.5. The normalized spacial score (nSPS) is 10.8. The second-order valence-corrected chi connectivity index (χ2v) is 7.33. The number of fused-ring (bicyclic) bond motifs is 1. The molecule has 0 saturated heterocycles. The van der Waals surface area contributed by atoms with Crippen LogP contribution in [0.15, 0.2) is 96.1 Å². The van der Waals surface area contributed by atoms with E-state index in [1.54, 1.807) is 36.4 Å². The maximum Gasteiger partial charge on any atom is 0.344 e. The first-order valence-corrected chi connectivity index (χ1v) is 10.4. The average Bonchev–Trinajstić information content (AvgIpc) is 2.84. The third kappa shape index (κ3) is 5.62. The van der Waals surface area contributed by atoms with E-state index in [2.05, 4.69) is 10.5 Å². The first-order valence-electron chi connectivity index (χ1n) is 10.4. The van der Waals surface area contributed by atoms with Gasteiger partial charge in [0.05, 0.1) is 11.8 Å². The Morgan fingerprint density at radius 1 is 0.879 bits per heavy atom. The summed E-state index contributed by atoms with van der Waals surface area (Å²) in [6.45, 7) is 1.78. The summed E-state index contributed by atoms with van der Waals surface area (Å²) >= 11 is 0. The lowest BCUT2D eigenvalue weighted by molar-refractivity contribution is -0.123. The van der Waals surface area contributed by atoms with Crippen LogP contribution in [0.2, 0.25) is 0 Å². The lowest BCUT2D eigenvalue weighted by Crippen LogP contribution is -2.24. The van der Waals surface area contributed by atoms with E-state index in [-0.39, 0.29) is 12.5 Å². The fourth-order valence-corrected chi connectivity index (χ4v) is 3.26. The predicted octanol–water partition coefficient (Wildman–Crippen LogP) is 4.90. The van der Waals surface area contributed by atoms with Crippen LogP contribution in [0.3, 0.4) is 0 Å². The molecule has 164 valence electrons. The van der Waals surface area contributed by atoms with E-state index in [9.17, 15) is 9.59 Å². The summed E-state index contributed by atoms with van der Waals surface area (Å²) in [4.78, 5) is 24.6. The Balaban J connectivity index is 1.30. The molecule has 0 unspecified atom stereocenters. The SMILES string of the molecule is Cc1ccccc1OCC(=O)N/N=C/c1ccc(OC(=O)c2cccc3ccccc23)cc1. The smallest absolute Gasteiger partial charge is 0.344 e. The van der Waals surface area contributed by atoms with Crippen molar-refractivity contribution in [1.29, 1.82) is 0 Å². The molecule has 0 saturated carbocycles. The van der Waals surface area contributed by atoms with Crippen molar-refractivity contribution in [2.24, 2.45) is 5.10 Å². The molecule has 0 aromatic heterocycles. The number of ether oxygens (including phenoxy) is 2. The van der Waals surface area contributed by atoms with Crippen LogP contribution in [0.5, 0.6) is 11.5 Å². The number of benzene rings is 4. The van der Waals surface area contributed by atoms with Crippen molar-refractivity contribution in [3.05, 3.63) is 108 Å². The summed E-state index contributed by atoms with van der Waals surface area (Å²) in [7, 11) is 0. The molecular formula is C27H22N2O4. The number of carbonyl (C=O) groups excluding carboxylic acids is 2. The van der Waals surface area contributed by atoms with Crippen molar-refractivity contribution < 1.29 is 19.1 Å². The van der Waals surface area contributed by atoms with E-state index in [0.29, 0.717) is 17.1 Å². The lowest BCUT2D eigenvalue weighted by Gasteiger charge is -2.08. The quantitative estimate of drug-likeness (QED) is 0.193. The molecule has 1 N–H and O–H groups in total. The van der Waals surface area contributed by atoms with E-state index in [4.69, 9.17) is 9.47 Å². The fraction of sp³-hybridized carbons (Fsp3) is 0.0741. The molecule has 0 aliphatic carbocycles. The minimum absolute atomic E-state index is 0.134. The van der Waals surface area contributed by atoms with Gasteiger partial charge in [0, 0.05) is 0 Å². The standard InChI is InChI=1S/C27H22N2O4/c1-19-7-2-5-12-25(19)32-18-26(30)29-28-17-20-13-15-22(16-14-20)33-27(31)24-11-6-9-21-8-3-4-10-23(21)24/h2-17H,18H2,1H3,(H,29,30)/b28-17+. The van der Waals surface area contributed by atoms with Gasteiger partial charge >= 0.3 is 5.97 Å². The molecule has 1 amide bonds. The first kappa shape index (κ1) is 21.8. The number of hydrazone groups is 1. The summed E-state index contributed by atoms with van der Waals surface area (Å²) in [6.07, 6.45) is 1.50. The molecule has 0 atom stereocenters. The van der Waals surface area contributed by atoms with Gasteiger partial charge in [-0.2, -0.15) is 5.10 Å². The van der Waals surface area contributed by atoms with Crippen molar-refractivity contribution in [1.82, 2.24) is 5.43 Å². The maximum absolute atomic E-state index is 12.6. The van der Waals surface area contributed by atoms with E-state index in [1.165, 1.54) is 6.21 Å². The molecule has 0 aliphatic rings. The van der Waals surface area contributed by atoms with Crippen molar-refractivity contribution in [2.45, 2.75) is 6.92 Å². The number of para-hydroxylation sites is 1. The summed E-state index contributed by atoms with van der Waals surface area (Å²) in [5.41, 5.74) is 4.62. The van der Waals surface area contributed by atoms with Gasteiger partial charge in [-0.1, -0.05) is 54.6 Å². The Morgan fingerprint density at radius 3 is 2.42 bits per heavy atom. The number of nitrogens with one attached hydrogen (secondary N) is 1.